The van der Waals surface area contributed by atoms with Gasteiger partial charge in [0.15, 0.2) is 0 Å². The van der Waals surface area contributed by atoms with Crippen molar-refractivity contribution in [2.75, 3.05) is 25.4 Å². The van der Waals surface area contributed by atoms with Crippen molar-refractivity contribution < 1.29 is 4.74 Å². The Balaban J connectivity index is 2.24. The van der Waals surface area contributed by atoms with E-state index in [1.165, 1.54) is 186 Å². The molecule has 0 radical (unpaired) electrons. The molecule has 0 spiro atoms. The molecule has 2 nitrogen and oxygen atoms in total. The fourth-order valence-electron chi connectivity index (χ4n) is 6.06. The van der Waals surface area contributed by atoms with Gasteiger partial charge < -0.3 is 9.64 Å². The molecule has 1 heterocycles. The molecule has 0 amide bonds. The van der Waals surface area contributed by atoms with Gasteiger partial charge in [0.25, 0.3) is 0 Å². The second kappa shape index (κ2) is 28.8. The lowest BCUT2D eigenvalue weighted by atomic mass is 10.0. The molecule has 38 heavy (non-hydrogen) atoms. The zero-order valence-electron chi connectivity index (χ0n) is 26.6. The van der Waals surface area contributed by atoms with E-state index >= 15 is 0 Å². The highest BCUT2D eigenvalue weighted by Gasteiger charge is 2.20. The number of thioether (sulfide) groups is 1. The van der Waals surface area contributed by atoms with E-state index in [0.29, 0.717) is 5.44 Å². The molecule has 228 valence electrons. The third kappa shape index (κ3) is 22.0. The normalized spacial score (nSPS) is 16.6. The molecule has 1 rings (SSSR count). The van der Waals surface area contributed by atoms with Gasteiger partial charge in [0.2, 0.25) is 0 Å². The first-order valence-corrected chi connectivity index (χ1v) is 18.8. The Bertz CT molecular complexity index is 453. The van der Waals surface area contributed by atoms with Gasteiger partial charge in [0, 0.05) is 12.6 Å². The number of hydrogen-bond donors (Lipinski definition) is 0. The van der Waals surface area contributed by atoms with Crippen LogP contribution in [-0.2, 0) is 4.74 Å². The summed E-state index contributed by atoms with van der Waals surface area (Å²) in [5, 5.41) is 0. The summed E-state index contributed by atoms with van der Waals surface area (Å²) in [6.07, 6.45) is 36.9. The average molecular weight is 554 g/mol. The molecular weight excluding hydrogens is 482 g/mol. The van der Waals surface area contributed by atoms with Crippen LogP contribution in [0.3, 0.4) is 0 Å². The van der Waals surface area contributed by atoms with Gasteiger partial charge in [0.1, 0.15) is 5.44 Å². The topological polar surface area (TPSA) is 12.5 Å². The maximum atomic E-state index is 5.91. The lowest BCUT2D eigenvalue weighted by Gasteiger charge is -2.32. The van der Waals surface area contributed by atoms with Gasteiger partial charge in [-0.3, -0.25) is 0 Å². The zero-order chi connectivity index (χ0) is 27.4. The van der Waals surface area contributed by atoms with Crippen LogP contribution < -0.4 is 0 Å². The molecule has 0 aromatic rings. The van der Waals surface area contributed by atoms with Crippen molar-refractivity contribution in [3.05, 3.63) is 0 Å². The number of unbranched alkanes of at least 4 members (excludes halogenated alkanes) is 19. The van der Waals surface area contributed by atoms with E-state index in [1.54, 1.807) is 0 Å². The molecule has 0 aromatic carbocycles. The van der Waals surface area contributed by atoms with E-state index in [4.69, 9.17) is 4.74 Å². The summed E-state index contributed by atoms with van der Waals surface area (Å²) in [6.45, 7) is 10.6. The predicted octanol–water partition coefficient (Wildman–Crippen LogP) is 11.9. The zero-order valence-corrected chi connectivity index (χ0v) is 27.4. The molecule has 0 saturated carbocycles. The van der Waals surface area contributed by atoms with Crippen molar-refractivity contribution in [2.24, 2.45) is 0 Å². The van der Waals surface area contributed by atoms with Crippen molar-refractivity contribution >= 4 is 11.8 Å². The predicted molar refractivity (Wildman–Crippen MR) is 175 cm³/mol. The Kier molecular flexibility index (Phi) is 27.5. The molecule has 1 fully saturated rings. The molecule has 1 aliphatic rings. The minimum absolute atomic E-state index is 0.486. The third-order valence-electron chi connectivity index (χ3n) is 8.65. The maximum absolute atomic E-state index is 5.91. The van der Waals surface area contributed by atoms with E-state index in [-0.39, 0.29) is 0 Å². The van der Waals surface area contributed by atoms with Crippen molar-refractivity contribution in [1.82, 2.24) is 4.90 Å². The van der Waals surface area contributed by atoms with Gasteiger partial charge >= 0.3 is 0 Å². The molecular formula is C35H71NOS. The van der Waals surface area contributed by atoms with E-state index < -0.39 is 0 Å². The maximum Gasteiger partial charge on any atom is 0.103 e. The van der Waals surface area contributed by atoms with Gasteiger partial charge in [-0.25, -0.2) is 0 Å². The molecule has 1 aliphatic heterocycles. The summed E-state index contributed by atoms with van der Waals surface area (Å²) in [5.41, 5.74) is 0.486. The Labute approximate surface area is 245 Å². The Morgan fingerprint density at radius 1 is 0.579 bits per heavy atom. The van der Waals surface area contributed by atoms with Crippen molar-refractivity contribution in [1.29, 1.82) is 0 Å². The largest absolute Gasteiger partial charge is 0.368 e. The van der Waals surface area contributed by atoms with E-state index in [2.05, 4.69) is 37.4 Å². The van der Waals surface area contributed by atoms with Crippen molar-refractivity contribution in [3.63, 3.8) is 0 Å². The summed E-state index contributed by atoms with van der Waals surface area (Å²) >= 11 is 2.11. The van der Waals surface area contributed by atoms with Crippen molar-refractivity contribution in [3.8, 4) is 0 Å². The first-order chi connectivity index (χ1) is 18.8. The van der Waals surface area contributed by atoms with Crippen LogP contribution in [0.1, 0.15) is 188 Å². The standard InChI is InChI=1S/C35H71NOS/c1-4-7-10-12-13-14-15-16-17-18-19-20-21-22-23-27-34(29-33-38-35-28-26-32-37-35)36(30-24-9-6-3)31-25-11-8-5-2/h34-35H,4-33H2,1-3H3. The van der Waals surface area contributed by atoms with Crippen LogP contribution in [0.4, 0.5) is 0 Å². The van der Waals surface area contributed by atoms with E-state index in [0.717, 1.165) is 12.6 Å². The Morgan fingerprint density at radius 3 is 1.53 bits per heavy atom. The highest BCUT2D eigenvalue weighted by molar-refractivity contribution is 7.99. The monoisotopic (exact) mass is 554 g/mol. The van der Waals surface area contributed by atoms with Crippen LogP contribution in [0, 0.1) is 0 Å². The van der Waals surface area contributed by atoms with Crippen LogP contribution in [-0.4, -0.2) is 41.8 Å². The lowest BCUT2D eigenvalue weighted by Crippen LogP contribution is -2.37. The van der Waals surface area contributed by atoms with Gasteiger partial charge in [-0.1, -0.05) is 149 Å². The van der Waals surface area contributed by atoms with Gasteiger partial charge in [-0.15, -0.1) is 11.8 Å². The van der Waals surface area contributed by atoms with E-state index in [1.807, 2.05) is 0 Å². The first kappa shape index (κ1) is 36.3. The second-order valence-corrected chi connectivity index (χ2v) is 13.6. The highest BCUT2D eigenvalue weighted by atomic mass is 32.2. The van der Waals surface area contributed by atoms with Gasteiger partial charge in [-0.05, 0) is 57.4 Å². The van der Waals surface area contributed by atoms with Crippen LogP contribution in [0.2, 0.25) is 0 Å². The fourth-order valence-corrected chi connectivity index (χ4v) is 7.26. The fraction of sp³-hybridized carbons (Fsp3) is 1.00. The minimum Gasteiger partial charge on any atom is -0.368 e. The number of ether oxygens (including phenoxy) is 1. The van der Waals surface area contributed by atoms with Crippen LogP contribution >= 0.6 is 11.8 Å². The van der Waals surface area contributed by atoms with Gasteiger partial charge in [-0.2, -0.15) is 0 Å². The SMILES string of the molecule is CCCCCCCCCCCCCCCCCC(CCSC1CCCO1)N(CCCCC)CCCCCC. The van der Waals surface area contributed by atoms with Crippen LogP contribution in [0.15, 0.2) is 0 Å². The Hall–Kier alpha value is 0.270. The summed E-state index contributed by atoms with van der Waals surface area (Å²) in [5.74, 6) is 1.29. The summed E-state index contributed by atoms with van der Waals surface area (Å²) in [7, 11) is 0. The molecule has 3 heteroatoms. The van der Waals surface area contributed by atoms with E-state index in [9.17, 15) is 0 Å². The molecule has 0 aromatic heterocycles. The second-order valence-electron chi connectivity index (χ2n) is 12.3. The summed E-state index contributed by atoms with van der Waals surface area (Å²) in [4.78, 5) is 2.92. The number of nitrogens with zero attached hydrogens (tertiary/aromatic N) is 1. The lowest BCUT2D eigenvalue weighted by molar-refractivity contribution is 0.168. The highest BCUT2D eigenvalue weighted by Crippen LogP contribution is 2.26. The number of rotatable bonds is 30. The molecule has 1 saturated heterocycles. The van der Waals surface area contributed by atoms with Gasteiger partial charge in [0.05, 0.1) is 0 Å². The number of hydrogen-bond acceptors (Lipinski definition) is 3. The molecule has 0 aliphatic carbocycles. The van der Waals surface area contributed by atoms with Crippen LogP contribution in [0.25, 0.3) is 0 Å². The van der Waals surface area contributed by atoms with Crippen LogP contribution in [0.5, 0.6) is 0 Å². The summed E-state index contributed by atoms with van der Waals surface area (Å²) < 4.78 is 5.91. The van der Waals surface area contributed by atoms with Crippen molar-refractivity contribution in [2.45, 2.75) is 199 Å². The average Bonchev–Trinajstić information content (AvgIpc) is 3.45. The third-order valence-corrected chi connectivity index (χ3v) is 9.86. The smallest absolute Gasteiger partial charge is 0.103 e. The molecule has 2 atom stereocenters. The Morgan fingerprint density at radius 2 is 1.03 bits per heavy atom. The molecule has 2 unspecified atom stereocenters. The summed E-state index contributed by atoms with van der Waals surface area (Å²) in [6, 6.07) is 0.796. The first-order valence-electron chi connectivity index (χ1n) is 17.8. The molecule has 0 N–H and O–H groups in total. The minimum atomic E-state index is 0.486. The molecule has 0 bridgehead atoms. The quantitative estimate of drug-likeness (QED) is 0.0821.